The number of aryl methyl sites for hydroxylation is 1. The second-order valence-corrected chi connectivity index (χ2v) is 7.12. The monoisotopic (exact) mass is 445 g/mol. The number of carbonyl (C=O) groups excluding carboxylic acids is 1. The third-order valence-corrected chi connectivity index (χ3v) is 4.75. The molecule has 1 atom stereocenters. The first-order chi connectivity index (χ1) is 15.2. The van der Waals surface area contributed by atoms with Crippen molar-refractivity contribution in [1.82, 2.24) is 24.8 Å². The zero-order valence-electron chi connectivity index (χ0n) is 17.8. The van der Waals surface area contributed by atoms with Crippen LogP contribution in [0.25, 0.3) is 11.4 Å². The van der Waals surface area contributed by atoms with Crippen LogP contribution in [-0.4, -0.2) is 49.9 Å². The van der Waals surface area contributed by atoms with E-state index < -0.39 is 17.8 Å². The molecule has 0 spiro atoms. The Morgan fingerprint density at radius 2 is 1.78 bits per heavy atom. The number of nitrogens with zero attached hydrogens (tertiary/aromatic N) is 5. The quantitative estimate of drug-likeness (QED) is 0.543. The number of amides is 1. The zero-order chi connectivity index (χ0) is 23.3. The molecule has 0 radical (unpaired) electrons. The predicted octanol–water partition coefficient (Wildman–Crippen LogP) is 4.19. The largest absolute Gasteiger partial charge is 0.461 e. The predicted molar refractivity (Wildman–Crippen MR) is 111 cm³/mol. The van der Waals surface area contributed by atoms with Gasteiger partial charge >= 0.3 is 12.2 Å². The molecule has 1 aromatic carbocycles. The van der Waals surface area contributed by atoms with Crippen molar-refractivity contribution in [2.45, 2.75) is 33.0 Å². The second kappa shape index (κ2) is 9.71. The lowest BCUT2D eigenvalue weighted by molar-refractivity contribution is -0.138. The molecule has 168 valence electrons. The van der Waals surface area contributed by atoms with Crippen molar-refractivity contribution >= 4 is 5.91 Å². The van der Waals surface area contributed by atoms with E-state index in [0.717, 1.165) is 5.56 Å². The van der Waals surface area contributed by atoms with Crippen LogP contribution in [-0.2, 0) is 6.18 Å². The number of likely N-dealkylation sites (N-methyl/N-ethyl adjacent to an activating group) is 1. The second-order valence-electron chi connectivity index (χ2n) is 7.12. The van der Waals surface area contributed by atoms with Gasteiger partial charge in [-0.3, -0.25) is 4.79 Å². The van der Waals surface area contributed by atoms with Gasteiger partial charge in [0, 0.05) is 36.9 Å². The van der Waals surface area contributed by atoms with Gasteiger partial charge in [0.1, 0.15) is 6.61 Å². The summed E-state index contributed by atoms with van der Waals surface area (Å²) in [6, 6.07) is 6.53. The van der Waals surface area contributed by atoms with Gasteiger partial charge in [0.05, 0.1) is 17.2 Å². The summed E-state index contributed by atoms with van der Waals surface area (Å²) in [6.07, 6.45) is 0.0158. The molecule has 3 rings (SSSR count). The molecule has 0 N–H and O–H groups in total. The molecular weight excluding hydrogens is 423 g/mol. The first-order valence-electron chi connectivity index (χ1n) is 9.91. The van der Waals surface area contributed by atoms with Crippen molar-refractivity contribution in [1.29, 1.82) is 0 Å². The molecule has 0 aliphatic rings. The van der Waals surface area contributed by atoms with Gasteiger partial charge in [-0.15, -0.1) is 0 Å². The average Bonchev–Trinajstić information content (AvgIpc) is 2.78. The Morgan fingerprint density at radius 3 is 2.38 bits per heavy atom. The molecule has 10 heteroatoms. The van der Waals surface area contributed by atoms with E-state index in [-0.39, 0.29) is 18.5 Å². The number of carbonyl (C=O) groups is 1. The highest BCUT2D eigenvalue weighted by Crippen LogP contribution is 2.28. The van der Waals surface area contributed by atoms with E-state index in [1.54, 1.807) is 36.4 Å². The Morgan fingerprint density at radius 1 is 1.12 bits per heavy atom. The topological polar surface area (TPSA) is 81.1 Å². The van der Waals surface area contributed by atoms with Gasteiger partial charge in [0.2, 0.25) is 0 Å². The summed E-state index contributed by atoms with van der Waals surface area (Å²) < 4.78 is 43.4. The molecular formula is C22H22F3N5O2. The highest BCUT2D eigenvalue weighted by molar-refractivity contribution is 6.00. The third kappa shape index (κ3) is 5.37. The lowest BCUT2D eigenvalue weighted by Crippen LogP contribution is -2.42. The average molecular weight is 445 g/mol. The Hall–Kier alpha value is -3.56. The van der Waals surface area contributed by atoms with Crippen molar-refractivity contribution in [2.75, 3.05) is 13.2 Å². The Kier molecular flexibility index (Phi) is 7.01. The van der Waals surface area contributed by atoms with Crippen LogP contribution >= 0.6 is 0 Å². The summed E-state index contributed by atoms with van der Waals surface area (Å²) in [5.41, 5.74) is 1.07. The van der Waals surface area contributed by atoms with E-state index >= 15 is 0 Å². The minimum absolute atomic E-state index is 0.00791. The van der Waals surface area contributed by atoms with Gasteiger partial charge in [-0.25, -0.2) is 19.9 Å². The number of hydrogen-bond acceptors (Lipinski definition) is 6. The van der Waals surface area contributed by atoms with Crippen LogP contribution in [0.15, 0.2) is 49.1 Å². The maximum Gasteiger partial charge on any atom is 0.419 e. The lowest BCUT2D eigenvalue weighted by Gasteiger charge is -2.28. The van der Waals surface area contributed by atoms with E-state index in [9.17, 15) is 18.0 Å². The van der Waals surface area contributed by atoms with Crippen LogP contribution in [0.3, 0.4) is 0 Å². The van der Waals surface area contributed by atoms with E-state index in [2.05, 4.69) is 19.9 Å². The van der Waals surface area contributed by atoms with Gasteiger partial charge in [-0.05, 0) is 39.0 Å². The van der Waals surface area contributed by atoms with Crippen LogP contribution in [0.5, 0.6) is 6.01 Å². The molecule has 0 fully saturated rings. The number of rotatable bonds is 7. The minimum Gasteiger partial charge on any atom is -0.461 e. The molecule has 32 heavy (non-hydrogen) atoms. The van der Waals surface area contributed by atoms with Crippen LogP contribution < -0.4 is 4.74 Å². The summed E-state index contributed by atoms with van der Waals surface area (Å²) in [6.45, 7) is 5.92. The fraction of sp³-hybridized carbons (Fsp3) is 0.318. The third-order valence-electron chi connectivity index (χ3n) is 4.75. The van der Waals surface area contributed by atoms with E-state index in [1.165, 1.54) is 0 Å². The Labute approximate surface area is 183 Å². The van der Waals surface area contributed by atoms with Gasteiger partial charge in [0.15, 0.2) is 5.82 Å². The molecule has 2 aromatic heterocycles. The summed E-state index contributed by atoms with van der Waals surface area (Å²) in [5, 5.41) is 0. The number of benzene rings is 1. The molecule has 0 saturated heterocycles. The number of ether oxygens (including phenoxy) is 1. The molecule has 1 amide bonds. The zero-order valence-corrected chi connectivity index (χ0v) is 17.8. The summed E-state index contributed by atoms with van der Waals surface area (Å²) in [5.74, 6) is 0.206. The Balaban J connectivity index is 1.76. The maximum atomic E-state index is 13.3. The highest BCUT2D eigenvalue weighted by atomic mass is 19.4. The summed E-state index contributed by atoms with van der Waals surface area (Å²) in [7, 11) is 0. The van der Waals surface area contributed by atoms with E-state index in [4.69, 9.17) is 4.74 Å². The molecule has 0 aliphatic carbocycles. The number of alkyl halides is 3. The summed E-state index contributed by atoms with van der Waals surface area (Å²) >= 11 is 0. The van der Waals surface area contributed by atoms with Crippen molar-refractivity contribution < 1.29 is 22.7 Å². The SMILES string of the molecule is CCN(C(=O)c1ccc(C)cc1-c1ncccn1)[C@@H](C)COc1ncc(C(F)(F)F)cn1. The number of hydrogen-bond donors (Lipinski definition) is 0. The van der Waals surface area contributed by atoms with Crippen LogP contribution in [0.4, 0.5) is 13.2 Å². The standard InChI is InChI=1S/C22H22F3N5O2/c1-4-30(15(3)13-32-21-28-11-16(12-29-21)22(23,24)25)20(31)17-7-6-14(2)10-18(17)19-26-8-5-9-27-19/h5-12,15H,4,13H2,1-3H3/t15-/m0/s1. The number of aromatic nitrogens is 4. The normalized spacial score (nSPS) is 12.3. The molecule has 2 heterocycles. The maximum absolute atomic E-state index is 13.3. The first-order valence-corrected chi connectivity index (χ1v) is 9.91. The van der Waals surface area contributed by atoms with E-state index in [0.29, 0.717) is 35.9 Å². The molecule has 0 saturated carbocycles. The van der Waals surface area contributed by atoms with Crippen molar-refractivity contribution in [3.05, 3.63) is 65.7 Å². The van der Waals surface area contributed by atoms with Crippen LogP contribution in [0.1, 0.15) is 35.3 Å². The summed E-state index contributed by atoms with van der Waals surface area (Å²) in [4.78, 5) is 30.7. The van der Waals surface area contributed by atoms with Crippen LogP contribution in [0, 0.1) is 6.92 Å². The molecule has 3 aromatic rings. The lowest BCUT2D eigenvalue weighted by atomic mass is 10.0. The van der Waals surface area contributed by atoms with Gasteiger partial charge in [-0.1, -0.05) is 11.6 Å². The van der Waals surface area contributed by atoms with Crippen molar-refractivity contribution in [3.8, 4) is 17.4 Å². The minimum atomic E-state index is -4.52. The molecule has 7 nitrogen and oxygen atoms in total. The molecule has 0 bridgehead atoms. The molecule has 0 aliphatic heterocycles. The van der Waals surface area contributed by atoms with Crippen molar-refractivity contribution in [3.63, 3.8) is 0 Å². The Bertz CT molecular complexity index is 1060. The van der Waals surface area contributed by atoms with Crippen molar-refractivity contribution in [2.24, 2.45) is 0 Å². The van der Waals surface area contributed by atoms with E-state index in [1.807, 2.05) is 26.0 Å². The fourth-order valence-corrected chi connectivity index (χ4v) is 3.10. The number of halogens is 3. The first kappa shape index (κ1) is 23.1. The molecule has 0 unspecified atom stereocenters. The highest BCUT2D eigenvalue weighted by Gasteiger charge is 2.31. The van der Waals surface area contributed by atoms with Gasteiger partial charge in [-0.2, -0.15) is 13.2 Å². The van der Waals surface area contributed by atoms with Gasteiger partial charge < -0.3 is 9.64 Å². The van der Waals surface area contributed by atoms with Crippen LogP contribution in [0.2, 0.25) is 0 Å². The smallest absolute Gasteiger partial charge is 0.419 e. The van der Waals surface area contributed by atoms with Gasteiger partial charge in [0.25, 0.3) is 5.91 Å². The fourth-order valence-electron chi connectivity index (χ4n) is 3.10.